The van der Waals surface area contributed by atoms with Gasteiger partial charge < -0.3 is 14.4 Å². The number of methoxy groups -OCH3 is 1. The number of amidine groups is 1. The van der Waals surface area contributed by atoms with E-state index in [1.54, 1.807) is 11.4 Å². The molecule has 0 amide bonds. The summed E-state index contributed by atoms with van der Waals surface area (Å²) < 4.78 is 39.6. The maximum absolute atomic E-state index is 13.2. The number of aliphatic imine (C=N–C) groups is 1. The molecule has 0 bridgehead atoms. The molecule has 7 nitrogen and oxygen atoms in total. The maximum atomic E-state index is 13.2. The van der Waals surface area contributed by atoms with Crippen LogP contribution in [0.1, 0.15) is 18.1 Å². The van der Waals surface area contributed by atoms with E-state index < -0.39 is 10.0 Å². The lowest BCUT2D eigenvalue weighted by molar-refractivity contribution is 0.205. The largest absolute Gasteiger partial charge is 0.497 e. The van der Waals surface area contributed by atoms with Crippen LogP contribution >= 0.6 is 0 Å². The third kappa shape index (κ3) is 4.38. The molecule has 0 aliphatic carbocycles. The zero-order valence-corrected chi connectivity index (χ0v) is 20.0. The molecule has 1 atom stereocenters. The molecule has 2 heterocycles. The zero-order valence-electron chi connectivity index (χ0n) is 19.2. The Hall–Kier alpha value is -3.36. The molecule has 3 aromatic rings. The molecular formula is C26H27N3O4S. The Kier molecular flexibility index (Phi) is 6.02. The van der Waals surface area contributed by atoms with Crippen molar-refractivity contribution in [2.24, 2.45) is 4.99 Å². The summed E-state index contributed by atoms with van der Waals surface area (Å²) in [7, 11) is -1.82. The van der Waals surface area contributed by atoms with Gasteiger partial charge in [0.2, 0.25) is 10.0 Å². The second-order valence-electron chi connectivity index (χ2n) is 8.51. The predicted octanol–water partition coefficient (Wildman–Crippen LogP) is 4.42. The van der Waals surface area contributed by atoms with Crippen molar-refractivity contribution in [3.63, 3.8) is 0 Å². The minimum Gasteiger partial charge on any atom is -0.497 e. The van der Waals surface area contributed by atoms with Crippen molar-refractivity contribution in [1.82, 2.24) is 9.21 Å². The molecule has 176 valence electrons. The lowest BCUT2D eigenvalue weighted by atomic mass is 10.1. The monoisotopic (exact) mass is 477 g/mol. The van der Waals surface area contributed by atoms with Gasteiger partial charge in [-0.1, -0.05) is 42.5 Å². The van der Waals surface area contributed by atoms with Crippen LogP contribution in [0.15, 0.2) is 77.8 Å². The van der Waals surface area contributed by atoms with Crippen molar-refractivity contribution >= 4 is 21.5 Å². The van der Waals surface area contributed by atoms with E-state index in [9.17, 15) is 8.42 Å². The van der Waals surface area contributed by atoms with Gasteiger partial charge >= 0.3 is 0 Å². The molecule has 34 heavy (non-hydrogen) atoms. The number of piperazine rings is 1. The van der Waals surface area contributed by atoms with Gasteiger partial charge in [0.15, 0.2) is 5.75 Å². The number of ether oxygens (including phenoxy) is 2. The van der Waals surface area contributed by atoms with Crippen LogP contribution in [-0.4, -0.2) is 56.2 Å². The highest BCUT2D eigenvalue weighted by atomic mass is 32.2. The third-order valence-corrected chi connectivity index (χ3v) is 8.11. The number of fused-ring (bicyclic) bond motifs is 2. The van der Waals surface area contributed by atoms with Gasteiger partial charge in [-0.15, -0.1) is 0 Å². The number of sulfonamides is 1. The standard InChI is InChI=1S/C26H27N3O4S/c1-19-17-28(14-15-29(19)34(30,31)18-20-8-4-3-5-9-20)26-22-13-12-21(32-2)16-25(22)33-24-11-7-6-10-23(24)27-26/h3-13,16,19H,14-15,17-18H2,1-2H3/t19-/m1/s1. The summed E-state index contributed by atoms with van der Waals surface area (Å²) in [5.41, 5.74) is 2.38. The molecule has 2 aliphatic heterocycles. The van der Waals surface area contributed by atoms with Crippen molar-refractivity contribution in [1.29, 1.82) is 0 Å². The maximum Gasteiger partial charge on any atom is 0.218 e. The number of nitrogens with zero attached hydrogens (tertiary/aromatic N) is 3. The van der Waals surface area contributed by atoms with E-state index in [1.165, 1.54) is 0 Å². The van der Waals surface area contributed by atoms with E-state index in [0.29, 0.717) is 36.9 Å². The summed E-state index contributed by atoms with van der Waals surface area (Å²) in [6, 6.07) is 22.5. The average Bonchev–Trinajstić information content (AvgIpc) is 3.00. The summed E-state index contributed by atoms with van der Waals surface area (Å²) in [5, 5.41) is 0. The van der Waals surface area contributed by atoms with Gasteiger partial charge in [-0.3, -0.25) is 0 Å². The fraction of sp³-hybridized carbons (Fsp3) is 0.269. The van der Waals surface area contributed by atoms with Crippen LogP contribution in [0.3, 0.4) is 0 Å². The minimum atomic E-state index is -3.44. The average molecular weight is 478 g/mol. The molecule has 1 fully saturated rings. The highest BCUT2D eigenvalue weighted by Crippen LogP contribution is 2.39. The Morgan fingerprint density at radius 2 is 1.76 bits per heavy atom. The molecule has 0 saturated carbocycles. The first kappa shape index (κ1) is 22.4. The second-order valence-corrected chi connectivity index (χ2v) is 10.4. The summed E-state index contributed by atoms with van der Waals surface area (Å²) in [4.78, 5) is 7.11. The van der Waals surface area contributed by atoms with Gasteiger partial charge in [0, 0.05) is 31.7 Å². The molecule has 5 rings (SSSR count). The van der Waals surface area contributed by atoms with E-state index >= 15 is 0 Å². The lowest BCUT2D eigenvalue weighted by Crippen LogP contribution is -2.55. The van der Waals surface area contributed by atoms with Crippen LogP contribution in [-0.2, 0) is 15.8 Å². The van der Waals surface area contributed by atoms with Crippen molar-refractivity contribution in [2.45, 2.75) is 18.7 Å². The van der Waals surface area contributed by atoms with E-state index in [-0.39, 0.29) is 11.8 Å². The molecule has 0 unspecified atom stereocenters. The fourth-order valence-corrected chi connectivity index (χ4v) is 6.24. The molecule has 0 aromatic heterocycles. The van der Waals surface area contributed by atoms with Crippen LogP contribution in [0.2, 0.25) is 0 Å². The Bertz CT molecular complexity index is 1320. The first-order valence-electron chi connectivity index (χ1n) is 11.3. The van der Waals surface area contributed by atoms with E-state index in [2.05, 4.69) is 4.90 Å². The molecule has 0 spiro atoms. The Morgan fingerprint density at radius 1 is 1.00 bits per heavy atom. The number of hydrogen-bond donors (Lipinski definition) is 0. The van der Waals surface area contributed by atoms with Gasteiger partial charge in [0.25, 0.3) is 0 Å². The van der Waals surface area contributed by atoms with Crippen LogP contribution in [0.25, 0.3) is 0 Å². The molecule has 0 radical (unpaired) electrons. The summed E-state index contributed by atoms with van der Waals surface area (Å²) in [5.74, 6) is 2.80. The number of rotatable bonds is 4. The first-order chi connectivity index (χ1) is 16.4. The Balaban J connectivity index is 1.44. The van der Waals surface area contributed by atoms with Gasteiger partial charge in [-0.25, -0.2) is 13.4 Å². The SMILES string of the molecule is COc1ccc2c(c1)Oc1ccccc1N=C2N1CCN(S(=O)(=O)Cc2ccccc2)[C@H](C)C1. The smallest absolute Gasteiger partial charge is 0.218 e. The van der Waals surface area contributed by atoms with Gasteiger partial charge in [0.1, 0.15) is 23.0 Å². The second kappa shape index (κ2) is 9.12. The van der Waals surface area contributed by atoms with Crippen molar-refractivity contribution in [3.8, 4) is 17.2 Å². The van der Waals surface area contributed by atoms with Gasteiger partial charge in [0.05, 0.1) is 18.4 Å². The summed E-state index contributed by atoms with van der Waals surface area (Å²) >= 11 is 0. The van der Waals surface area contributed by atoms with Crippen LogP contribution in [0, 0.1) is 0 Å². The van der Waals surface area contributed by atoms with E-state index in [4.69, 9.17) is 14.5 Å². The van der Waals surface area contributed by atoms with Crippen LogP contribution in [0.5, 0.6) is 17.2 Å². The highest BCUT2D eigenvalue weighted by molar-refractivity contribution is 7.88. The van der Waals surface area contributed by atoms with Crippen molar-refractivity contribution in [2.75, 3.05) is 26.7 Å². The van der Waals surface area contributed by atoms with Gasteiger partial charge in [-0.2, -0.15) is 4.31 Å². The van der Waals surface area contributed by atoms with E-state index in [0.717, 1.165) is 22.6 Å². The Morgan fingerprint density at radius 3 is 2.53 bits per heavy atom. The molecular weight excluding hydrogens is 450 g/mol. The van der Waals surface area contributed by atoms with Crippen LogP contribution in [0.4, 0.5) is 5.69 Å². The van der Waals surface area contributed by atoms with Crippen molar-refractivity contribution < 1.29 is 17.9 Å². The van der Waals surface area contributed by atoms with Crippen molar-refractivity contribution in [3.05, 3.63) is 83.9 Å². The zero-order chi connectivity index (χ0) is 23.7. The predicted molar refractivity (Wildman–Crippen MR) is 133 cm³/mol. The Labute approximate surface area is 200 Å². The molecule has 2 aliphatic rings. The number of hydrogen-bond acceptors (Lipinski definition) is 6. The normalized spacial score (nSPS) is 18.2. The quantitative estimate of drug-likeness (QED) is 0.557. The number of benzene rings is 3. The molecule has 8 heteroatoms. The molecule has 0 N–H and O–H groups in total. The first-order valence-corrected chi connectivity index (χ1v) is 12.9. The summed E-state index contributed by atoms with van der Waals surface area (Å²) in [6.07, 6.45) is 0. The minimum absolute atomic E-state index is 0.00295. The molecule has 3 aromatic carbocycles. The molecule has 1 saturated heterocycles. The lowest BCUT2D eigenvalue weighted by Gasteiger charge is -2.40. The van der Waals surface area contributed by atoms with E-state index in [1.807, 2.05) is 79.7 Å². The highest BCUT2D eigenvalue weighted by Gasteiger charge is 2.35. The third-order valence-electron chi connectivity index (χ3n) is 6.16. The number of para-hydroxylation sites is 2. The van der Waals surface area contributed by atoms with Crippen LogP contribution < -0.4 is 9.47 Å². The summed E-state index contributed by atoms with van der Waals surface area (Å²) in [6.45, 7) is 3.40. The fourth-order valence-electron chi connectivity index (χ4n) is 4.48. The topological polar surface area (TPSA) is 71.4 Å². The van der Waals surface area contributed by atoms with Gasteiger partial charge in [-0.05, 0) is 36.8 Å².